The van der Waals surface area contributed by atoms with Crippen LogP contribution in [0.25, 0.3) is 0 Å². The Bertz CT molecular complexity index is 382. The molecule has 1 N–H and O–H groups in total. The first-order valence-electron chi connectivity index (χ1n) is 6.84. The van der Waals surface area contributed by atoms with Crippen molar-refractivity contribution in [1.29, 1.82) is 0 Å². The molecule has 0 atom stereocenters. The monoisotopic (exact) mass is 251 g/mol. The van der Waals surface area contributed by atoms with Crippen LogP contribution < -0.4 is 5.32 Å². The van der Waals surface area contributed by atoms with Crippen molar-refractivity contribution >= 4 is 0 Å². The first-order valence-corrected chi connectivity index (χ1v) is 6.84. The van der Waals surface area contributed by atoms with Crippen LogP contribution in [0.2, 0.25) is 0 Å². The van der Waals surface area contributed by atoms with Gasteiger partial charge in [-0.1, -0.05) is 6.42 Å². The number of hydrogen-bond acceptors (Lipinski definition) is 3. The predicted octanol–water partition coefficient (Wildman–Crippen LogP) is 1.68. The van der Waals surface area contributed by atoms with Crippen molar-refractivity contribution < 1.29 is 4.74 Å². The molecule has 1 saturated carbocycles. The number of nitrogens with one attached hydrogen (secondary N) is 1. The lowest BCUT2D eigenvalue weighted by atomic mass is 9.66. The summed E-state index contributed by atoms with van der Waals surface area (Å²) in [5.74, 6) is 0. The number of ether oxygens (including phenoxy) is 1. The molecular weight excluding hydrogens is 226 g/mol. The van der Waals surface area contributed by atoms with Gasteiger partial charge in [0.05, 0.1) is 12.3 Å². The van der Waals surface area contributed by atoms with Gasteiger partial charge in [0.15, 0.2) is 0 Å². The minimum absolute atomic E-state index is 0.452. The molecule has 0 bridgehead atoms. The normalized spacial score (nSPS) is 17.7. The lowest BCUT2D eigenvalue weighted by Crippen LogP contribution is -2.42. The van der Waals surface area contributed by atoms with E-state index in [1.807, 2.05) is 11.7 Å². The largest absolute Gasteiger partial charge is 0.383 e. The van der Waals surface area contributed by atoms with Gasteiger partial charge < -0.3 is 10.1 Å². The Morgan fingerprint density at radius 2 is 2.28 bits per heavy atom. The number of rotatable bonds is 7. The van der Waals surface area contributed by atoms with Crippen LogP contribution in [0.5, 0.6) is 0 Å². The quantitative estimate of drug-likeness (QED) is 0.749. The van der Waals surface area contributed by atoms with Crippen LogP contribution in [0.3, 0.4) is 0 Å². The Hall–Kier alpha value is -0.870. The van der Waals surface area contributed by atoms with E-state index in [9.17, 15) is 0 Å². The molecule has 0 saturated heterocycles. The first-order chi connectivity index (χ1) is 8.65. The highest BCUT2D eigenvalue weighted by atomic mass is 16.5. The van der Waals surface area contributed by atoms with Crippen LogP contribution in [-0.2, 0) is 18.2 Å². The number of aromatic nitrogens is 2. The maximum absolute atomic E-state index is 5.07. The molecule has 0 amide bonds. The Morgan fingerprint density at radius 3 is 2.78 bits per heavy atom. The molecule has 0 aliphatic heterocycles. The average Bonchev–Trinajstić information content (AvgIpc) is 2.59. The maximum atomic E-state index is 5.07. The second kappa shape index (κ2) is 5.85. The van der Waals surface area contributed by atoms with Crippen molar-refractivity contribution in [2.45, 2.75) is 32.6 Å². The zero-order valence-electron chi connectivity index (χ0n) is 11.8. The highest BCUT2D eigenvalue weighted by Crippen LogP contribution is 2.43. The lowest BCUT2D eigenvalue weighted by molar-refractivity contribution is 0.120. The van der Waals surface area contributed by atoms with Crippen LogP contribution in [0, 0.1) is 12.3 Å². The minimum atomic E-state index is 0.452. The van der Waals surface area contributed by atoms with Crippen molar-refractivity contribution in [2.24, 2.45) is 12.5 Å². The van der Waals surface area contributed by atoms with Gasteiger partial charge in [0.25, 0.3) is 0 Å². The summed E-state index contributed by atoms with van der Waals surface area (Å²) >= 11 is 0. The van der Waals surface area contributed by atoms with E-state index in [4.69, 9.17) is 4.74 Å². The van der Waals surface area contributed by atoms with Gasteiger partial charge >= 0.3 is 0 Å². The zero-order valence-corrected chi connectivity index (χ0v) is 11.8. The first kappa shape index (κ1) is 13.6. The summed E-state index contributed by atoms with van der Waals surface area (Å²) in [5.41, 5.74) is 2.93. The van der Waals surface area contributed by atoms with Crippen LogP contribution in [0.15, 0.2) is 6.07 Å². The van der Waals surface area contributed by atoms with Crippen molar-refractivity contribution in [1.82, 2.24) is 15.1 Å². The molecule has 2 rings (SSSR count). The summed E-state index contributed by atoms with van der Waals surface area (Å²) in [6.07, 6.45) is 5.17. The van der Waals surface area contributed by atoms with Crippen molar-refractivity contribution in [2.75, 3.05) is 26.8 Å². The topological polar surface area (TPSA) is 39.1 Å². The molecule has 1 heterocycles. The molecule has 4 heteroatoms. The van der Waals surface area contributed by atoms with Crippen molar-refractivity contribution in [3.8, 4) is 0 Å². The molecule has 0 spiro atoms. The summed E-state index contributed by atoms with van der Waals surface area (Å²) in [4.78, 5) is 0. The lowest BCUT2D eigenvalue weighted by Gasteiger charge is -2.42. The SMILES string of the molecule is COCCNCC1(Cc2cc(C)nn2C)CCC1. The average molecular weight is 251 g/mol. The van der Waals surface area contributed by atoms with Gasteiger partial charge in [0, 0.05) is 32.9 Å². The molecule has 4 nitrogen and oxygen atoms in total. The minimum Gasteiger partial charge on any atom is -0.383 e. The predicted molar refractivity (Wildman–Crippen MR) is 72.7 cm³/mol. The van der Waals surface area contributed by atoms with Crippen LogP contribution >= 0.6 is 0 Å². The second-order valence-corrected chi connectivity index (χ2v) is 5.60. The summed E-state index contributed by atoms with van der Waals surface area (Å²) in [6.45, 7) is 4.90. The van der Waals surface area contributed by atoms with E-state index in [-0.39, 0.29) is 0 Å². The Balaban J connectivity index is 1.89. The summed E-state index contributed by atoms with van der Waals surface area (Å²) in [6, 6.07) is 2.22. The summed E-state index contributed by atoms with van der Waals surface area (Å²) < 4.78 is 7.10. The standard InChI is InChI=1S/C14H25N3O/c1-12-9-13(17(2)16-12)10-14(5-4-6-14)11-15-7-8-18-3/h9,15H,4-8,10-11H2,1-3H3. The van der Waals surface area contributed by atoms with E-state index in [0.717, 1.165) is 31.8 Å². The molecule has 1 aliphatic rings. The van der Waals surface area contributed by atoms with Crippen LogP contribution in [-0.4, -0.2) is 36.6 Å². The number of nitrogens with zero attached hydrogens (tertiary/aromatic N) is 2. The molecular formula is C14H25N3O. The molecule has 18 heavy (non-hydrogen) atoms. The fourth-order valence-corrected chi connectivity index (χ4v) is 2.83. The van der Waals surface area contributed by atoms with Gasteiger partial charge in [-0.15, -0.1) is 0 Å². The van der Waals surface area contributed by atoms with E-state index in [1.165, 1.54) is 25.0 Å². The summed E-state index contributed by atoms with van der Waals surface area (Å²) in [5, 5.41) is 7.96. The van der Waals surface area contributed by atoms with Gasteiger partial charge in [-0.3, -0.25) is 4.68 Å². The van der Waals surface area contributed by atoms with E-state index in [0.29, 0.717) is 5.41 Å². The second-order valence-electron chi connectivity index (χ2n) is 5.60. The van der Waals surface area contributed by atoms with E-state index < -0.39 is 0 Å². The van der Waals surface area contributed by atoms with Gasteiger partial charge in [-0.05, 0) is 37.7 Å². The molecule has 1 aliphatic carbocycles. The third kappa shape index (κ3) is 3.12. The van der Waals surface area contributed by atoms with Gasteiger partial charge in [-0.25, -0.2) is 0 Å². The highest BCUT2D eigenvalue weighted by molar-refractivity contribution is 5.12. The van der Waals surface area contributed by atoms with Gasteiger partial charge in [-0.2, -0.15) is 5.10 Å². The van der Waals surface area contributed by atoms with Crippen LogP contribution in [0.4, 0.5) is 0 Å². The fraction of sp³-hybridized carbons (Fsp3) is 0.786. The molecule has 1 fully saturated rings. The maximum Gasteiger partial charge on any atom is 0.0596 e. The van der Waals surface area contributed by atoms with E-state index >= 15 is 0 Å². The van der Waals surface area contributed by atoms with Crippen LogP contribution in [0.1, 0.15) is 30.7 Å². The number of aryl methyl sites for hydroxylation is 2. The molecule has 0 radical (unpaired) electrons. The third-order valence-corrected chi connectivity index (χ3v) is 4.05. The zero-order chi connectivity index (χ0) is 13.0. The smallest absolute Gasteiger partial charge is 0.0596 e. The van der Waals surface area contributed by atoms with Gasteiger partial charge in [0.1, 0.15) is 0 Å². The Kier molecular flexibility index (Phi) is 4.40. The Morgan fingerprint density at radius 1 is 1.50 bits per heavy atom. The summed E-state index contributed by atoms with van der Waals surface area (Å²) in [7, 11) is 3.80. The highest BCUT2D eigenvalue weighted by Gasteiger charge is 2.37. The van der Waals surface area contributed by atoms with E-state index in [1.54, 1.807) is 7.11 Å². The molecule has 0 unspecified atom stereocenters. The van der Waals surface area contributed by atoms with Gasteiger partial charge in [0.2, 0.25) is 0 Å². The Labute approximate surface area is 110 Å². The molecule has 1 aromatic heterocycles. The number of hydrogen-bond donors (Lipinski definition) is 1. The molecule has 0 aromatic carbocycles. The molecule has 102 valence electrons. The van der Waals surface area contributed by atoms with Crippen molar-refractivity contribution in [3.05, 3.63) is 17.5 Å². The molecule has 1 aromatic rings. The van der Waals surface area contributed by atoms with Crippen molar-refractivity contribution in [3.63, 3.8) is 0 Å². The third-order valence-electron chi connectivity index (χ3n) is 4.05. The number of methoxy groups -OCH3 is 1. The fourth-order valence-electron chi connectivity index (χ4n) is 2.83. The van der Waals surface area contributed by atoms with E-state index in [2.05, 4.69) is 23.4 Å².